The molecule has 101 heavy (non-hydrogen) atoms. The van der Waals surface area contributed by atoms with Crippen LogP contribution in [0.15, 0.2) is 69.5 Å². The third-order valence-corrected chi connectivity index (χ3v) is 23.6. The number of carbonyl (C=O) groups excluding carboxylic acids is 8. The Morgan fingerprint density at radius 2 is 1.06 bits per heavy atom. The second-order valence-electron chi connectivity index (χ2n) is 30.2. The zero-order valence-electron chi connectivity index (χ0n) is 58.7. The SMILES string of the molecule is CC(C)(C)OC(=O)C[C@H]1CCCCC/C=C\[C@@H]2C[C@@]2(C(=O)NS(=O)(=O)C2CC2)CC(=O)[C@@H]2C[C@@H](O)CN2C1=O.COc1ccc2oc(Cl)nc2c1.COc1ccc2oc(O[C@@H]3C[C@H]4C(=O)C[C@]5(C(=O)NS(=O)(=O)C6CC6)C[C@H]5/C=C\CCCCC[C@H](CC(=O)OC(C)(C)C)C(=O)N4C3)nc2c1. The average Bonchev–Trinajstić information content (AvgIpc) is 1.58. The van der Waals surface area contributed by atoms with E-state index >= 15 is 0 Å². The van der Waals surface area contributed by atoms with Gasteiger partial charge in [0, 0.05) is 56.2 Å². The van der Waals surface area contributed by atoms with Crippen LogP contribution < -0.4 is 23.7 Å². The Labute approximate surface area is 594 Å². The zero-order valence-corrected chi connectivity index (χ0v) is 61.1. The Balaban J connectivity index is 0.000000190. The molecule has 29 heteroatoms. The number of methoxy groups -OCH3 is 2. The Hall–Kier alpha value is -7.43. The molecule has 552 valence electrons. The van der Waals surface area contributed by atoms with Crippen LogP contribution in [0.25, 0.3) is 22.2 Å². The van der Waals surface area contributed by atoms with Crippen LogP contribution in [-0.4, -0.2) is 162 Å². The smallest absolute Gasteiger partial charge is 0.394 e. The van der Waals surface area contributed by atoms with E-state index in [0.717, 1.165) is 50.7 Å². The second kappa shape index (κ2) is 31.3. The number of benzene rings is 2. The first kappa shape index (κ1) is 76.2. The van der Waals surface area contributed by atoms with Gasteiger partial charge >= 0.3 is 18.0 Å². The number of ether oxygens (including phenoxy) is 5. The molecule has 6 fully saturated rings. The lowest BCUT2D eigenvalue weighted by Gasteiger charge is -2.29. The van der Waals surface area contributed by atoms with Gasteiger partial charge in [0.15, 0.2) is 22.7 Å². The number of Topliss-reactive ketones (excluding diaryl/α,β-unsaturated/α-hetero) is 2. The number of carbonyl (C=O) groups is 8. The van der Waals surface area contributed by atoms with Gasteiger partial charge in [-0.15, -0.1) is 0 Å². The van der Waals surface area contributed by atoms with Crippen molar-refractivity contribution in [1.82, 2.24) is 29.2 Å². The number of rotatable bonds is 14. The first-order valence-corrected chi connectivity index (χ1v) is 38.6. The molecule has 4 aliphatic heterocycles. The molecule has 12 rings (SSSR count). The summed E-state index contributed by atoms with van der Waals surface area (Å²) < 4.78 is 93.4. The molecule has 4 saturated carbocycles. The molecule has 4 amide bonds. The fraction of sp³-hybridized carbons (Fsp3) is 0.639. The molecule has 0 unspecified atom stereocenters. The number of fused-ring (bicyclic) bond motifs is 6. The molecule has 26 nitrogen and oxygen atoms in total. The van der Waals surface area contributed by atoms with Gasteiger partial charge in [0.2, 0.25) is 43.7 Å². The van der Waals surface area contributed by atoms with Crippen LogP contribution in [0.5, 0.6) is 17.6 Å². The van der Waals surface area contributed by atoms with E-state index < -0.39 is 112 Å². The molecule has 0 radical (unpaired) electrons. The molecule has 8 aliphatic rings. The summed E-state index contributed by atoms with van der Waals surface area (Å²) in [5.41, 5.74) is -1.49. The summed E-state index contributed by atoms with van der Waals surface area (Å²) in [6.07, 6.45) is 15.5. The van der Waals surface area contributed by atoms with Crippen molar-refractivity contribution < 1.29 is 92.8 Å². The molecule has 6 heterocycles. The van der Waals surface area contributed by atoms with Crippen LogP contribution in [0.3, 0.4) is 0 Å². The van der Waals surface area contributed by atoms with Crippen molar-refractivity contribution in [2.75, 3.05) is 27.3 Å². The molecule has 3 N–H and O–H groups in total. The Morgan fingerprint density at radius 3 is 1.51 bits per heavy atom. The number of esters is 2. The number of sulfonamides is 2. The normalized spacial score (nSPS) is 28.2. The van der Waals surface area contributed by atoms with E-state index in [2.05, 4.69) is 19.4 Å². The van der Waals surface area contributed by atoms with Crippen LogP contribution in [0.4, 0.5) is 0 Å². The minimum atomic E-state index is -3.84. The summed E-state index contributed by atoms with van der Waals surface area (Å²) >= 11 is 5.56. The summed E-state index contributed by atoms with van der Waals surface area (Å²) in [5.74, 6) is -4.46. The number of aliphatic hydroxyl groups excluding tert-OH is 1. The molecule has 10 atom stereocenters. The highest BCUT2D eigenvalue weighted by Crippen LogP contribution is 2.59. The van der Waals surface area contributed by atoms with Crippen LogP contribution in [-0.2, 0) is 67.9 Å². The van der Waals surface area contributed by atoms with Crippen LogP contribution >= 0.6 is 11.6 Å². The topological polar surface area (TPSA) is 354 Å². The number of hydrogen-bond acceptors (Lipinski definition) is 22. The van der Waals surface area contributed by atoms with E-state index in [1.54, 1.807) is 92.2 Å². The first-order valence-electron chi connectivity index (χ1n) is 35.1. The zero-order chi connectivity index (χ0) is 73.0. The molecule has 2 saturated heterocycles. The number of nitrogens with one attached hydrogen (secondary N) is 2. The highest BCUT2D eigenvalue weighted by atomic mass is 35.5. The lowest BCUT2D eigenvalue weighted by molar-refractivity contribution is -0.159. The monoisotopic (exact) mass is 1460 g/mol. The van der Waals surface area contributed by atoms with Crippen LogP contribution in [0, 0.1) is 34.5 Å². The maximum absolute atomic E-state index is 14.4. The minimum Gasteiger partial charge on any atom is -0.497 e. The molecule has 0 spiro atoms. The number of amides is 4. The van der Waals surface area contributed by atoms with E-state index in [1.807, 2.05) is 24.3 Å². The largest absolute Gasteiger partial charge is 0.497 e. The van der Waals surface area contributed by atoms with Gasteiger partial charge in [0.25, 0.3) is 5.35 Å². The number of allylic oxidation sites excluding steroid dienone is 4. The van der Waals surface area contributed by atoms with Gasteiger partial charge in [-0.2, -0.15) is 9.97 Å². The van der Waals surface area contributed by atoms with Gasteiger partial charge in [-0.25, -0.2) is 16.8 Å². The van der Waals surface area contributed by atoms with E-state index in [1.165, 1.54) is 9.80 Å². The van der Waals surface area contributed by atoms with E-state index in [9.17, 15) is 60.3 Å². The summed E-state index contributed by atoms with van der Waals surface area (Å²) in [6, 6.07) is 8.56. The van der Waals surface area contributed by atoms with Crippen molar-refractivity contribution >= 4 is 101 Å². The summed E-state index contributed by atoms with van der Waals surface area (Å²) in [7, 11) is -4.47. The fourth-order valence-corrected chi connectivity index (χ4v) is 16.9. The Morgan fingerprint density at radius 1 is 0.614 bits per heavy atom. The highest BCUT2D eigenvalue weighted by molar-refractivity contribution is 7.91. The number of aliphatic hydroxyl groups is 1. The van der Waals surface area contributed by atoms with Crippen molar-refractivity contribution in [2.45, 2.75) is 229 Å². The summed E-state index contributed by atoms with van der Waals surface area (Å²) in [6.45, 7) is 10.6. The van der Waals surface area contributed by atoms with Crippen molar-refractivity contribution in [3.8, 4) is 17.6 Å². The number of hydrogen-bond donors (Lipinski definition) is 3. The lowest BCUT2D eigenvalue weighted by atomic mass is 9.90. The number of ketones is 2. The minimum absolute atomic E-state index is 0.0280. The van der Waals surface area contributed by atoms with Crippen molar-refractivity contribution in [3.05, 3.63) is 66.1 Å². The van der Waals surface area contributed by atoms with E-state index in [4.69, 9.17) is 44.1 Å². The van der Waals surface area contributed by atoms with Crippen molar-refractivity contribution in [3.63, 3.8) is 0 Å². The van der Waals surface area contributed by atoms with Crippen molar-refractivity contribution in [1.29, 1.82) is 0 Å². The molecule has 0 bridgehead atoms. The van der Waals surface area contributed by atoms with Gasteiger partial charge in [-0.1, -0.05) is 50.0 Å². The summed E-state index contributed by atoms with van der Waals surface area (Å²) in [5, 5.41) is 9.43. The fourth-order valence-electron chi connectivity index (χ4n) is 14.0. The number of aromatic nitrogens is 2. The number of oxazole rings is 2. The van der Waals surface area contributed by atoms with Gasteiger partial charge in [0.1, 0.15) is 39.8 Å². The van der Waals surface area contributed by atoms with Crippen LogP contribution in [0.2, 0.25) is 5.35 Å². The predicted molar refractivity (Wildman–Crippen MR) is 370 cm³/mol. The third-order valence-electron chi connectivity index (χ3n) is 19.8. The predicted octanol–water partition coefficient (Wildman–Crippen LogP) is 9.51. The third kappa shape index (κ3) is 19.7. The van der Waals surface area contributed by atoms with Gasteiger partial charge < -0.3 is 47.4 Å². The Kier molecular flexibility index (Phi) is 23.6. The maximum Gasteiger partial charge on any atom is 0.394 e. The molecule has 2 aromatic heterocycles. The molecule has 4 aliphatic carbocycles. The second-order valence-corrected chi connectivity index (χ2v) is 34.4. The number of halogens is 1. The maximum atomic E-state index is 14.4. The van der Waals surface area contributed by atoms with Gasteiger partial charge in [-0.3, -0.25) is 47.8 Å². The molecule has 4 aromatic rings. The van der Waals surface area contributed by atoms with E-state index in [0.29, 0.717) is 85.7 Å². The van der Waals surface area contributed by atoms with Gasteiger partial charge in [0.05, 0.1) is 73.1 Å². The number of nitrogens with zero attached hydrogens (tertiary/aromatic N) is 4. The Bertz CT molecular complexity index is 4060. The summed E-state index contributed by atoms with van der Waals surface area (Å²) in [4.78, 5) is 120. The highest BCUT2D eigenvalue weighted by Gasteiger charge is 2.63. The quantitative estimate of drug-likeness (QED) is 0.0781. The molecule has 2 aromatic carbocycles. The van der Waals surface area contributed by atoms with Crippen LogP contribution in [0.1, 0.15) is 183 Å². The van der Waals surface area contributed by atoms with Crippen molar-refractivity contribution in [2.24, 2.45) is 34.5 Å². The first-order chi connectivity index (χ1) is 47.7. The molecular weight excluding hydrogens is 1370 g/mol. The lowest BCUT2D eigenvalue weighted by Crippen LogP contribution is -2.46. The molecular formula is C72H95ClN6O20S2. The standard InChI is InChI=1S/C36H47N3O10S.C28H42N2O8S.C8H6ClNO2/c1-35(2,3)49-31(41)16-22-10-8-6-5-7-9-11-23-19-36(23,33(43)38-50(44,45)26-13-14-26)20-29(40)28-18-25(21-39(28)32(22)42)47-34-37-27-17-24(46-4)12-15-30(27)48-34;1-27(2,3)38-24(33)13-18-9-7-5-4-6-8-10-19-15-28(19,26(35)29-39(36,37)21-11-12-21)16-23(32)22-14-20(31)17-30(22)25(18)34;1-11-5-2-3-7-6(4-5)10-8(9)12-7/h9,11-12,15,17,22-23,25-26,28H,5-8,10,13-14,16,18-21H2,1-4H3,(H,38,43);8,10,18-22,31H,4-7,9,11-17H2,1-3H3,(H,29,35);2-4H,1H3/b11-9-;10-8-;/t22-,23-,25-,28+,36-;18-,19-,20-,22+,28-;/m11./s1. The van der Waals surface area contributed by atoms with E-state index in [-0.39, 0.29) is 98.3 Å². The van der Waals surface area contributed by atoms with Gasteiger partial charge in [-0.05, 0) is 166 Å². The average molecular weight is 1460 g/mol.